The number of hydrogen-bond donors (Lipinski definition) is 1. The molecule has 0 unspecified atom stereocenters. The number of ether oxygens (including phenoxy) is 1. The lowest BCUT2D eigenvalue weighted by molar-refractivity contribution is -0.141. The number of aromatic nitrogens is 8. The number of fused-ring (bicyclic) bond motifs is 1. The van der Waals surface area contributed by atoms with E-state index < -0.39 is 17.2 Å². The van der Waals surface area contributed by atoms with Crippen LogP contribution in [0, 0.1) is 6.92 Å². The van der Waals surface area contributed by atoms with Gasteiger partial charge in [-0.1, -0.05) is 55.5 Å². The van der Waals surface area contributed by atoms with Crippen molar-refractivity contribution in [1.29, 1.82) is 0 Å². The zero-order valence-electron chi connectivity index (χ0n) is 21.2. The molecule has 0 aliphatic rings. The molecule has 1 N–H and O–H groups in total. The molecule has 38 heavy (non-hydrogen) atoms. The number of H-pyrrole nitrogens is 1. The molecule has 194 valence electrons. The van der Waals surface area contributed by atoms with Crippen LogP contribution in [-0.4, -0.2) is 52.4 Å². The standard InChI is InChI=1S/C26H26N8O4/c1-4-13-32-25(36)22-24(34(26(32)37)15-21(35)38-3)27-16(2)33(22)14-17-9-11-18(12-10-17)19-7-5-6-8-20(19)23-28-30-31-29-23/h5-12H,4,13-15H2,1-3H3,(H,28,29,30,31). The highest BCUT2D eigenvalue weighted by molar-refractivity contribution is 5.80. The van der Waals surface area contributed by atoms with Crippen LogP contribution in [0.3, 0.4) is 0 Å². The lowest BCUT2D eigenvalue weighted by Crippen LogP contribution is -2.41. The van der Waals surface area contributed by atoms with E-state index in [1.807, 2.05) is 55.5 Å². The van der Waals surface area contributed by atoms with Gasteiger partial charge in [0.25, 0.3) is 5.56 Å². The summed E-state index contributed by atoms with van der Waals surface area (Å²) in [5.41, 5.74) is 3.14. The molecule has 0 bridgehead atoms. The van der Waals surface area contributed by atoms with E-state index in [1.54, 1.807) is 11.5 Å². The quantitative estimate of drug-likeness (QED) is 0.310. The van der Waals surface area contributed by atoms with Gasteiger partial charge in [0, 0.05) is 18.7 Å². The van der Waals surface area contributed by atoms with Gasteiger partial charge < -0.3 is 9.30 Å². The van der Waals surface area contributed by atoms with Gasteiger partial charge in [0.1, 0.15) is 12.4 Å². The van der Waals surface area contributed by atoms with Crippen LogP contribution in [0.1, 0.15) is 24.7 Å². The number of carbonyl (C=O) groups is 1. The number of carbonyl (C=O) groups excluding carboxylic acids is 1. The molecule has 0 amide bonds. The second-order valence-electron chi connectivity index (χ2n) is 8.80. The third-order valence-corrected chi connectivity index (χ3v) is 6.39. The minimum absolute atomic E-state index is 0.168. The number of rotatable bonds is 8. The van der Waals surface area contributed by atoms with Crippen molar-refractivity contribution in [2.24, 2.45) is 0 Å². The molecule has 0 radical (unpaired) electrons. The summed E-state index contributed by atoms with van der Waals surface area (Å²) >= 11 is 0. The van der Waals surface area contributed by atoms with E-state index in [2.05, 4.69) is 25.6 Å². The van der Waals surface area contributed by atoms with Crippen LogP contribution in [0.5, 0.6) is 0 Å². The summed E-state index contributed by atoms with van der Waals surface area (Å²) in [6.07, 6.45) is 0.582. The maximum atomic E-state index is 13.4. The van der Waals surface area contributed by atoms with Gasteiger partial charge in [-0.15, -0.1) is 10.2 Å². The first-order valence-electron chi connectivity index (χ1n) is 12.1. The Morgan fingerprint density at radius 1 is 1.00 bits per heavy atom. The fourth-order valence-corrected chi connectivity index (χ4v) is 4.53. The van der Waals surface area contributed by atoms with Gasteiger partial charge in [0.05, 0.1) is 7.11 Å². The van der Waals surface area contributed by atoms with Gasteiger partial charge in [-0.05, 0) is 35.2 Å². The van der Waals surface area contributed by atoms with Crippen LogP contribution in [0.4, 0.5) is 0 Å². The Balaban J connectivity index is 1.56. The zero-order chi connectivity index (χ0) is 26.8. The van der Waals surface area contributed by atoms with Crippen molar-refractivity contribution in [2.75, 3.05) is 7.11 Å². The minimum Gasteiger partial charge on any atom is -0.468 e. The van der Waals surface area contributed by atoms with Gasteiger partial charge in [0.2, 0.25) is 5.82 Å². The van der Waals surface area contributed by atoms with Gasteiger partial charge >= 0.3 is 11.7 Å². The molecule has 5 aromatic rings. The van der Waals surface area contributed by atoms with Crippen molar-refractivity contribution < 1.29 is 9.53 Å². The van der Waals surface area contributed by atoms with Crippen molar-refractivity contribution >= 4 is 17.1 Å². The van der Waals surface area contributed by atoms with Gasteiger partial charge in [-0.3, -0.25) is 18.7 Å². The summed E-state index contributed by atoms with van der Waals surface area (Å²) in [5, 5.41) is 14.3. The molecule has 0 fully saturated rings. The number of hydrogen-bond acceptors (Lipinski definition) is 8. The average molecular weight is 515 g/mol. The first-order chi connectivity index (χ1) is 18.4. The molecule has 0 aliphatic heterocycles. The first-order valence-corrected chi connectivity index (χ1v) is 12.1. The number of tetrazole rings is 1. The van der Waals surface area contributed by atoms with Crippen molar-refractivity contribution in [3.05, 3.63) is 80.8 Å². The summed E-state index contributed by atoms with van der Waals surface area (Å²) in [6.45, 7) is 3.90. The van der Waals surface area contributed by atoms with E-state index in [4.69, 9.17) is 4.74 Å². The molecular weight excluding hydrogens is 488 g/mol. The Labute approximate surface area is 216 Å². The first kappa shape index (κ1) is 24.8. The van der Waals surface area contributed by atoms with Crippen LogP contribution in [0.15, 0.2) is 58.1 Å². The molecule has 12 heteroatoms. The number of nitrogens with zero attached hydrogens (tertiary/aromatic N) is 7. The highest BCUT2D eigenvalue weighted by Crippen LogP contribution is 2.30. The number of imidazole rings is 1. The molecule has 0 atom stereocenters. The van der Waals surface area contributed by atoms with Crippen molar-refractivity contribution in [1.82, 2.24) is 39.3 Å². The fourth-order valence-electron chi connectivity index (χ4n) is 4.53. The third-order valence-electron chi connectivity index (χ3n) is 6.39. The molecule has 0 saturated heterocycles. The Morgan fingerprint density at radius 2 is 1.74 bits per heavy atom. The molecule has 0 spiro atoms. The summed E-state index contributed by atoms with van der Waals surface area (Å²) in [7, 11) is 1.25. The maximum absolute atomic E-state index is 13.4. The molecule has 3 heterocycles. The molecule has 5 rings (SSSR count). The monoisotopic (exact) mass is 514 g/mol. The Morgan fingerprint density at radius 3 is 2.39 bits per heavy atom. The average Bonchev–Trinajstić information content (AvgIpc) is 3.58. The number of methoxy groups -OCH3 is 1. The van der Waals surface area contributed by atoms with E-state index in [-0.39, 0.29) is 24.3 Å². The van der Waals surface area contributed by atoms with Crippen molar-refractivity contribution in [3.63, 3.8) is 0 Å². The van der Waals surface area contributed by atoms with Crippen molar-refractivity contribution in [3.8, 4) is 22.5 Å². The number of aromatic amines is 1. The number of nitrogens with one attached hydrogen (secondary N) is 1. The van der Waals surface area contributed by atoms with Crippen molar-refractivity contribution in [2.45, 2.75) is 39.9 Å². The van der Waals surface area contributed by atoms with Crippen LogP contribution in [0.25, 0.3) is 33.7 Å². The minimum atomic E-state index is -0.598. The molecule has 2 aromatic carbocycles. The Bertz CT molecular complexity index is 1730. The summed E-state index contributed by atoms with van der Waals surface area (Å²) in [5.74, 6) is 0.460. The Kier molecular flexibility index (Phi) is 6.69. The van der Waals surface area contributed by atoms with E-state index in [0.717, 1.165) is 26.8 Å². The van der Waals surface area contributed by atoms with E-state index in [9.17, 15) is 14.4 Å². The molecule has 0 saturated carbocycles. The third kappa shape index (κ3) is 4.40. The van der Waals surface area contributed by atoms with Crippen LogP contribution >= 0.6 is 0 Å². The highest BCUT2D eigenvalue weighted by atomic mass is 16.5. The van der Waals surface area contributed by atoms with Gasteiger partial charge in [-0.2, -0.15) is 5.21 Å². The highest BCUT2D eigenvalue weighted by Gasteiger charge is 2.22. The fraction of sp³-hybridized carbons (Fsp3) is 0.269. The molecule has 3 aromatic heterocycles. The predicted octanol–water partition coefficient (Wildman–Crippen LogP) is 2.15. The largest absolute Gasteiger partial charge is 0.468 e. The van der Waals surface area contributed by atoms with E-state index in [1.165, 1.54) is 11.7 Å². The molecular formula is C26H26N8O4. The predicted molar refractivity (Wildman–Crippen MR) is 139 cm³/mol. The van der Waals surface area contributed by atoms with E-state index >= 15 is 0 Å². The summed E-state index contributed by atoms with van der Waals surface area (Å²) in [6, 6.07) is 15.7. The number of benzene rings is 2. The normalized spacial score (nSPS) is 11.2. The molecule has 0 aliphatic carbocycles. The van der Waals surface area contributed by atoms with Gasteiger partial charge in [0.15, 0.2) is 11.2 Å². The topological polar surface area (TPSA) is 143 Å². The lowest BCUT2D eigenvalue weighted by atomic mass is 9.98. The lowest BCUT2D eigenvalue weighted by Gasteiger charge is -2.12. The maximum Gasteiger partial charge on any atom is 0.333 e. The number of aryl methyl sites for hydroxylation is 1. The second-order valence-corrected chi connectivity index (χ2v) is 8.80. The van der Waals surface area contributed by atoms with Crippen LogP contribution in [-0.2, 0) is 29.2 Å². The molecule has 12 nitrogen and oxygen atoms in total. The van der Waals surface area contributed by atoms with Crippen LogP contribution < -0.4 is 11.2 Å². The Hall–Kier alpha value is -4.87. The van der Waals surface area contributed by atoms with Gasteiger partial charge in [-0.25, -0.2) is 9.78 Å². The number of esters is 1. The summed E-state index contributed by atoms with van der Waals surface area (Å²) in [4.78, 5) is 43.0. The van der Waals surface area contributed by atoms with E-state index in [0.29, 0.717) is 24.6 Å². The smallest absolute Gasteiger partial charge is 0.333 e. The summed E-state index contributed by atoms with van der Waals surface area (Å²) < 4.78 is 8.91. The zero-order valence-corrected chi connectivity index (χ0v) is 21.2. The van der Waals surface area contributed by atoms with Crippen LogP contribution in [0.2, 0.25) is 0 Å². The second kappa shape index (κ2) is 10.2. The SMILES string of the molecule is CCCn1c(=O)c2c(nc(C)n2Cc2ccc(-c3ccccc3-c3nn[nH]n3)cc2)n(CC(=O)OC)c1=O.